The highest BCUT2D eigenvalue weighted by atomic mass is 35.5. The molecule has 20 heavy (non-hydrogen) atoms. The Hall–Kier alpha value is -1.65. The number of benzene rings is 2. The van der Waals surface area contributed by atoms with Gasteiger partial charge < -0.3 is 10.1 Å². The van der Waals surface area contributed by atoms with Gasteiger partial charge in [0.25, 0.3) is 5.91 Å². The molecule has 1 N–H and O–H groups in total. The van der Waals surface area contributed by atoms with Gasteiger partial charge in [-0.3, -0.25) is 4.79 Å². The van der Waals surface area contributed by atoms with E-state index in [1.807, 2.05) is 42.7 Å². The number of thioether (sulfide) groups is 1. The van der Waals surface area contributed by atoms with Gasteiger partial charge in [-0.05, 0) is 42.7 Å². The number of hydrogen-bond acceptors (Lipinski definition) is 3. The molecule has 0 atom stereocenters. The van der Waals surface area contributed by atoms with Crippen LogP contribution < -0.4 is 10.1 Å². The molecule has 5 heteroatoms. The second-order valence-electron chi connectivity index (χ2n) is 3.99. The number of carbonyl (C=O) groups excluding carboxylic acids is 1. The van der Waals surface area contributed by atoms with Gasteiger partial charge in [-0.2, -0.15) is 0 Å². The van der Waals surface area contributed by atoms with E-state index in [1.54, 1.807) is 23.9 Å². The standard InChI is InChI=1S/C15H14ClNO2S/c1-20-12-8-6-11(7-9-12)19-10-15(18)17-14-5-3-2-4-13(14)16/h2-9H,10H2,1H3,(H,17,18). The Morgan fingerprint density at radius 3 is 2.55 bits per heavy atom. The summed E-state index contributed by atoms with van der Waals surface area (Å²) in [5, 5.41) is 3.21. The second-order valence-corrected chi connectivity index (χ2v) is 5.28. The third-order valence-corrected chi connectivity index (χ3v) is 3.65. The normalized spacial score (nSPS) is 10.1. The minimum atomic E-state index is -0.243. The van der Waals surface area contributed by atoms with Crippen LogP contribution in [0, 0.1) is 0 Å². The Morgan fingerprint density at radius 1 is 1.20 bits per heavy atom. The predicted molar refractivity (Wildman–Crippen MR) is 83.8 cm³/mol. The van der Waals surface area contributed by atoms with Gasteiger partial charge in [0.2, 0.25) is 0 Å². The van der Waals surface area contributed by atoms with Gasteiger partial charge in [-0.25, -0.2) is 0 Å². The molecule has 0 bridgehead atoms. The van der Waals surface area contributed by atoms with Crippen LogP contribution in [0.2, 0.25) is 5.02 Å². The number of halogens is 1. The average molecular weight is 308 g/mol. The van der Waals surface area contributed by atoms with Gasteiger partial charge in [-0.15, -0.1) is 11.8 Å². The molecule has 3 nitrogen and oxygen atoms in total. The van der Waals surface area contributed by atoms with Crippen molar-refractivity contribution in [1.82, 2.24) is 0 Å². The van der Waals surface area contributed by atoms with Crippen LogP contribution in [0.5, 0.6) is 5.75 Å². The molecule has 0 aliphatic heterocycles. The van der Waals surface area contributed by atoms with Crippen molar-refractivity contribution in [2.75, 3.05) is 18.2 Å². The number of carbonyl (C=O) groups is 1. The Morgan fingerprint density at radius 2 is 1.90 bits per heavy atom. The maximum absolute atomic E-state index is 11.8. The minimum absolute atomic E-state index is 0.0517. The first-order chi connectivity index (χ1) is 9.69. The smallest absolute Gasteiger partial charge is 0.262 e. The first-order valence-electron chi connectivity index (χ1n) is 6.00. The lowest BCUT2D eigenvalue weighted by Crippen LogP contribution is -2.20. The molecule has 0 aliphatic rings. The van der Waals surface area contributed by atoms with Gasteiger partial charge in [0, 0.05) is 4.90 Å². The molecule has 1 amide bonds. The molecule has 0 unspecified atom stereocenters. The fraction of sp³-hybridized carbons (Fsp3) is 0.133. The lowest BCUT2D eigenvalue weighted by Gasteiger charge is -2.08. The van der Waals surface area contributed by atoms with E-state index in [2.05, 4.69) is 5.32 Å². The fourth-order valence-corrected chi connectivity index (χ4v) is 2.16. The zero-order valence-corrected chi connectivity index (χ0v) is 12.5. The fourth-order valence-electron chi connectivity index (χ4n) is 1.57. The highest BCUT2D eigenvalue weighted by molar-refractivity contribution is 7.98. The third kappa shape index (κ3) is 4.18. The van der Waals surface area contributed by atoms with E-state index in [9.17, 15) is 4.79 Å². The second kappa shape index (κ2) is 7.22. The average Bonchev–Trinajstić information content (AvgIpc) is 2.48. The van der Waals surface area contributed by atoms with E-state index >= 15 is 0 Å². The topological polar surface area (TPSA) is 38.3 Å². The van der Waals surface area contributed by atoms with Crippen molar-refractivity contribution in [3.63, 3.8) is 0 Å². The largest absolute Gasteiger partial charge is 0.484 e. The van der Waals surface area contributed by atoms with E-state index in [0.29, 0.717) is 16.5 Å². The molecule has 104 valence electrons. The molecule has 2 rings (SSSR count). The Labute approximate surface area is 127 Å². The van der Waals surface area contributed by atoms with Crippen LogP contribution in [-0.2, 0) is 4.79 Å². The number of anilines is 1. The quantitative estimate of drug-likeness (QED) is 0.846. The maximum Gasteiger partial charge on any atom is 0.262 e. The number of hydrogen-bond donors (Lipinski definition) is 1. The summed E-state index contributed by atoms with van der Waals surface area (Å²) in [6.07, 6.45) is 2.01. The zero-order chi connectivity index (χ0) is 14.4. The number of nitrogens with one attached hydrogen (secondary N) is 1. The van der Waals surface area contributed by atoms with Crippen LogP contribution >= 0.6 is 23.4 Å². The van der Waals surface area contributed by atoms with Crippen molar-refractivity contribution in [2.45, 2.75) is 4.90 Å². The summed E-state index contributed by atoms with van der Waals surface area (Å²) in [5.41, 5.74) is 0.584. The van der Waals surface area contributed by atoms with Gasteiger partial charge >= 0.3 is 0 Å². The molecule has 0 heterocycles. The molecule has 0 radical (unpaired) electrons. The Kier molecular flexibility index (Phi) is 5.32. The van der Waals surface area contributed by atoms with Crippen molar-refractivity contribution in [1.29, 1.82) is 0 Å². The van der Waals surface area contributed by atoms with Crippen LogP contribution in [0.1, 0.15) is 0 Å². The summed E-state index contributed by atoms with van der Waals surface area (Å²) in [6.45, 7) is -0.0517. The summed E-state index contributed by atoms with van der Waals surface area (Å²) in [6, 6.07) is 14.7. The molecule has 2 aromatic rings. The molecule has 0 saturated heterocycles. The van der Waals surface area contributed by atoms with E-state index in [0.717, 1.165) is 4.90 Å². The number of ether oxygens (including phenoxy) is 1. The van der Waals surface area contributed by atoms with E-state index < -0.39 is 0 Å². The summed E-state index contributed by atoms with van der Waals surface area (Å²) in [7, 11) is 0. The van der Waals surface area contributed by atoms with Crippen LogP contribution in [0.15, 0.2) is 53.4 Å². The highest BCUT2D eigenvalue weighted by Gasteiger charge is 2.06. The summed E-state index contributed by atoms with van der Waals surface area (Å²) >= 11 is 7.62. The molecule has 2 aromatic carbocycles. The molecule has 0 fully saturated rings. The van der Waals surface area contributed by atoms with Gasteiger partial charge in [0.05, 0.1) is 10.7 Å². The number of amides is 1. The monoisotopic (exact) mass is 307 g/mol. The first-order valence-corrected chi connectivity index (χ1v) is 7.60. The van der Waals surface area contributed by atoms with Crippen molar-refractivity contribution in [3.05, 3.63) is 53.6 Å². The number of rotatable bonds is 5. The Bertz CT molecular complexity index is 587. The van der Waals surface area contributed by atoms with Crippen molar-refractivity contribution < 1.29 is 9.53 Å². The Balaban J connectivity index is 1.87. The summed E-state index contributed by atoms with van der Waals surface area (Å²) in [4.78, 5) is 12.9. The van der Waals surface area contributed by atoms with E-state index in [-0.39, 0.29) is 12.5 Å². The predicted octanol–water partition coefficient (Wildman–Crippen LogP) is 4.08. The molecule has 0 saturated carbocycles. The van der Waals surface area contributed by atoms with Gasteiger partial charge in [-0.1, -0.05) is 23.7 Å². The van der Waals surface area contributed by atoms with Crippen molar-refractivity contribution in [3.8, 4) is 5.75 Å². The molecule has 0 spiro atoms. The lowest BCUT2D eigenvalue weighted by atomic mass is 10.3. The van der Waals surface area contributed by atoms with Gasteiger partial charge in [0.1, 0.15) is 5.75 Å². The van der Waals surface area contributed by atoms with Crippen molar-refractivity contribution >= 4 is 35.0 Å². The van der Waals surface area contributed by atoms with Crippen LogP contribution in [-0.4, -0.2) is 18.8 Å². The molecule has 0 aromatic heterocycles. The number of para-hydroxylation sites is 1. The van der Waals surface area contributed by atoms with Crippen molar-refractivity contribution in [2.24, 2.45) is 0 Å². The summed E-state index contributed by atoms with van der Waals surface area (Å²) in [5.74, 6) is 0.421. The highest BCUT2D eigenvalue weighted by Crippen LogP contribution is 2.21. The molecule has 0 aliphatic carbocycles. The molecular formula is C15H14ClNO2S. The van der Waals surface area contributed by atoms with E-state index in [1.165, 1.54) is 0 Å². The maximum atomic E-state index is 11.8. The molecular weight excluding hydrogens is 294 g/mol. The first kappa shape index (κ1) is 14.8. The third-order valence-electron chi connectivity index (χ3n) is 2.58. The van der Waals surface area contributed by atoms with E-state index in [4.69, 9.17) is 16.3 Å². The van der Waals surface area contributed by atoms with Gasteiger partial charge in [0.15, 0.2) is 6.61 Å². The summed E-state index contributed by atoms with van der Waals surface area (Å²) < 4.78 is 5.41. The SMILES string of the molecule is CSc1ccc(OCC(=O)Nc2ccccc2Cl)cc1. The minimum Gasteiger partial charge on any atom is -0.484 e. The van der Waals surface area contributed by atoms with Crippen LogP contribution in [0.25, 0.3) is 0 Å². The van der Waals surface area contributed by atoms with Crippen LogP contribution in [0.4, 0.5) is 5.69 Å². The lowest BCUT2D eigenvalue weighted by molar-refractivity contribution is -0.118. The zero-order valence-electron chi connectivity index (χ0n) is 10.9. The van der Waals surface area contributed by atoms with Crippen LogP contribution in [0.3, 0.4) is 0 Å².